The van der Waals surface area contributed by atoms with Crippen LogP contribution >= 0.6 is 11.3 Å². The molecule has 0 unspecified atom stereocenters. The van der Waals surface area contributed by atoms with Crippen molar-refractivity contribution in [2.24, 2.45) is 5.73 Å². The molecule has 0 saturated carbocycles. The Hall–Kier alpha value is -6.79. The summed E-state index contributed by atoms with van der Waals surface area (Å²) in [5.41, 5.74) is 14.4. The lowest BCUT2D eigenvalue weighted by Crippen LogP contribution is -2.10. The van der Waals surface area contributed by atoms with Crippen LogP contribution in [0.1, 0.15) is 56.1 Å². The Bertz CT molecular complexity index is 2660. The summed E-state index contributed by atoms with van der Waals surface area (Å²) in [6.45, 7) is 5.26. The van der Waals surface area contributed by atoms with Crippen LogP contribution in [0.15, 0.2) is 127 Å². The summed E-state index contributed by atoms with van der Waals surface area (Å²) < 4.78 is 16.2. The molecule has 4 heterocycles. The van der Waals surface area contributed by atoms with Gasteiger partial charge in [-0.2, -0.15) is 0 Å². The van der Waals surface area contributed by atoms with Gasteiger partial charge in [-0.1, -0.05) is 41.5 Å². The number of aromatic nitrogens is 5. The number of aliphatic carboxylic acids is 1. The summed E-state index contributed by atoms with van der Waals surface area (Å²) in [6.07, 6.45) is 8.05. The van der Waals surface area contributed by atoms with E-state index in [0.717, 1.165) is 92.7 Å². The van der Waals surface area contributed by atoms with Gasteiger partial charge in [0.05, 0.1) is 40.2 Å². The first-order chi connectivity index (χ1) is 29.2. The number of imidazole rings is 2. The van der Waals surface area contributed by atoms with Gasteiger partial charge in [0.2, 0.25) is 5.91 Å². The first kappa shape index (κ1) is 41.4. The number of nitrogens with zero attached hydrogens (tertiary/aromatic N) is 5. The second-order valence-electron chi connectivity index (χ2n) is 14.6. The lowest BCUT2D eigenvalue weighted by Gasteiger charge is -2.11. The number of rotatable bonds is 17. The van der Waals surface area contributed by atoms with E-state index < -0.39 is 5.97 Å². The maximum Gasteiger partial charge on any atom is 0.303 e. The van der Waals surface area contributed by atoms with E-state index in [-0.39, 0.29) is 12.3 Å². The zero-order valence-electron chi connectivity index (χ0n) is 33.8. The molecule has 8 rings (SSSR count). The van der Waals surface area contributed by atoms with Crippen LogP contribution in [0.2, 0.25) is 0 Å². The highest BCUT2D eigenvalue weighted by atomic mass is 32.1. The predicted octanol–water partition coefficient (Wildman–Crippen LogP) is 10.5. The number of fused-ring (bicyclic) bond motifs is 2. The number of amides is 1. The standard InChI is InChI=1S/C24H24N4O2.C24H24N2O3S/c1-17-7-9-19(10-8-17)28-22-15-20(30-14-3-2-6-23(25)29)11-12-21(22)27-24(28)18-5-4-13-26-16-18;1-17-8-10-18(11-9-17)26-21-16-19(29-14-4-2-3-7-23(27)28)12-13-20(21)25-24(26)22-6-5-15-30-22/h4-5,7-13,15-16H,2-3,6,14H2,1H3,(H2,25,29);5-6,8-13,15-16H,2-4,7,14H2,1H3,(H,27,28). The Morgan fingerprint density at radius 3 is 1.77 bits per heavy atom. The minimum Gasteiger partial charge on any atom is -0.494 e. The van der Waals surface area contributed by atoms with Crippen LogP contribution in [0.4, 0.5) is 0 Å². The average molecular weight is 821 g/mol. The summed E-state index contributed by atoms with van der Waals surface area (Å²) in [7, 11) is 0. The highest BCUT2D eigenvalue weighted by Gasteiger charge is 2.17. The summed E-state index contributed by atoms with van der Waals surface area (Å²) in [5.74, 6) is 2.31. The minimum atomic E-state index is -0.743. The molecule has 1 amide bonds. The van der Waals surface area contributed by atoms with Gasteiger partial charge in [0, 0.05) is 54.3 Å². The summed E-state index contributed by atoms with van der Waals surface area (Å²) >= 11 is 1.67. The predicted molar refractivity (Wildman–Crippen MR) is 238 cm³/mol. The molecular formula is C48H48N6O5S. The maximum atomic E-state index is 10.9. The molecule has 0 radical (unpaired) electrons. The SMILES string of the molecule is Cc1ccc(-n2c(-c3cccnc3)nc3ccc(OCCCCC(N)=O)cc32)cc1.Cc1ccc(-n2c(-c3cccs3)nc3ccc(OCCCCCC(=O)O)cc32)cc1. The number of primary amides is 1. The first-order valence-corrected chi connectivity index (χ1v) is 21.0. The molecule has 0 aliphatic rings. The number of unbranched alkanes of at least 4 members (excludes halogenated alkanes) is 3. The third-order valence-corrected chi connectivity index (χ3v) is 10.8. The van der Waals surface area contributed by atoms with Crippen molar-refractivity contribution in [3.8, 4) is 45.0 Å². The highest BCUT2D eigenvalue weighted by Crippen LogP contribution is 2.34. The van der Waals surface area contributed by atoms with Gasteiger partial charge >= 0.3 is 5.97 Å². The Kier molecular flexibility index (Phi) is 13.6. The molecule has 4 aromatic heterocycles. The molecule has 0 fully saturated rings. The van der Waals surface area contributed by atoms with Crippen molar-refractivity contribution < 1.29 is 24.2 Å². The van der Waals surface area contributed by atoms with Crippen molar-refractivity contribution in [3.05, 3.63) is 138 Å². The van der Waals surface area contributed by atoms with E-state index in [4.69, 9.17) is 30.3 Å². The summed E-state index contributed by atoms with van der Waals surface area (Å²) in [6, 6.07) is 36.7. The number of carboxylic acids is 1. The Morgan fingerprint density at radius 1 is 0.667 bits per heavy atom. The van der Waals surface area contributed by atoms with Gasteiger partial charge in [-0.25, -0.2) is 9.97 Å². The smallest absolute Gasteiger partial charge is 0.303 e. The summed E-state index contributed by atoms with van der Waals surface area (Å²) in [5, 5.41) is 10.8. The van der Waals surface area contributed by atoms with E-state index in [0.29, 0.717) is 26.1 Å². The van der Waals surface area contributed by atoms with E-state index >= 15 is 0 Å². The molecule has 3 N–H and O–H groups in total. The quantitative estimate of drug-likeness (QED) is 0.0863. The fourth-order valence-corrected chi connectivity index (χ4v) is 7.50. The molecule has 4 aromatic carbocycles. The van der Waals surface area contributed by atoms with Gasteiger partial charge in [0.1, 0.15) is 17.3 Å². The lowest BCUT2D eigenvalue weighted by atomic mass is 10.2. The van der Waals surface area contributed by atoms with Crippen LogP contribution in [-0.2, 0) is 9.59 Å². The van der Waals surface area contributed by atoms with E-state index in [9.17, 15) is 9.59 Å². The molecule has 0 saturated heterocycles. The van der Waals surface area contributed by atoms with Crippen LogP contribution in [-0.4, -0.2) is 54.3 Å². The highest BCUT2D eigenvalue weighted by molar-refractivity contribution is 7.13. The largest absolute Gasteiger partial charge is 0.494 e. The number of carbonyl (C=O) groups excluding carboxylic acids is 1. The normalized spacial score (nSPS) is 11.0. The lowest BCUT2D eigenvalue weighted by molar-refractivity contribution is -0.137. The molecule has 60 heavy (non-hydrogen) atoms. The third kappa shape index (κ3) is 10.4. The average Bonchev–Trinajstić information content (AvgIpc) is 4.01. The molecule has 0 spiro atoms. The second-order valence-corrected chi connectivity index (χ2v) is 15.5. The molecule has 11 nitrogen and oxygen atoms in total. The van der Waals surface area contributed by atoms with Crippen molar-refractivity contribution in [1.29, 1.82) is 0 Å². The number of carbonyl (C=O) groups is 2. The molecular weight excluding hydrogens is 773 g/mol. The summed E-state index contributed by atoms with van der Waals surface area (Å²) in [4.78, 5) is 36.6. The van der Waals surface area contributed by atoms with Crippen LogP contribution in [0.25, 0.3) is 55.5 Å². The number of nitrogens with two attached hydrogens (primary N) is 1. The third-order valence-electron chi connectivity index (χ3n) is 9.89. The molecule has 0 bridgehead atoms. The Labute approximate surface area is 353 Å². The van der Waals surface area contributed by atoms with Gasteiger partial charge in [-0.05, 0) is 118 Å². The molecule has 0 atom stereocenters. The topological polar surface area (TPSA) is 147 Å². The maximum absolute atomic E-state index is 10.9. The first-order valence-electron chi connectivity index (χ1n) is 20.1. The molecule has 0 aliphatic carbocycles. The van der Waals surface area contributed by atoms with Crippen LogP contribution in [0.3, 0.4) is 0 Å². The number of aryl methyl sites for hydroxylation is 2. The number of ether oxygens (including phenoxy) is 2. The van der Waals surface area contributed by atoms with Gasteiger partial charge in [0.15, 0.2) is 5.82 Å². The van der Waals surface area contributed by atoms with E-state index in [1.807, 2.05) is 60.8 Å². The van der Waals surface area contributed by atoms with Crippen LogP contribution in [0, 0.1) is 13.8 Å². The molecule has 8 aromatic rings. The fraction of sp³-hybridized carbons (Fsp3) is 0.229. The van der Waals surface area contributed by atoms with E-state index in [1.54, 1.807) is 17.5 Å². The van der Waals surface area contributed by atoms with Crippen LogP contribution in [0.5, 0.6) is 11.5 Å². The zero-order chi connectivity index (χ0) is 41.8. The van der Waals surface area contributed by atoms with Crippen molar-refractivity contribution in [3.63, 3.8) is 0 Å². The fourth-order valence-electron chi connectivity index (χ4n) is 6.80. The monoisotopic (exact) mass is 820 g/mol. The number of hydrogen-bond donors (Lipinski definition) is 2. The van der Waals surface area contributed by atoms with Crippen molar-refractivity contribution in [2.75, 3.05) is 13.2 Å². The number of hydrogen-bond acceptors (Lipinski definition) is 8. The molecule has 306 valence electrons. The van der Waals surface area contributed by atoms with Gasteiger partial charge in [0.25, 0.3) is 0 Å². The number of pyridine rings is 1. The molecule has 12 heteroatoms. The van der Waals surface area contributed by atoms with E-state index in [1.165, 1.54) is 11.1 Å². The Balaban J connectivity index is 0.000000181. The van der Waals surface area contributed by atoms with Gasteiger partial charge < -0.3 is 20.3 Å². The molecule has 0 aliphatic heterocycles. The van der Waals surface area contributed by atoms with Crippen molar-refractivity contribution in [2.45, 2.75) is 58.8 Å². The van der Waals surface area contributed by atoms with Crippen LogP contribution < -0.4 is 15.2 Å². The van der Waals surface area contributed by atoms with E-state index in [2.05, 4.69) is 87.9 Å². The van der Waals surface area contributed by atoms with Crippen molar-refractivity contribution >= 4 is 45.3 Å². The minimum absolute atomic E-state index is 0.215. The van der Waals surface area contributed by atoms with Gasteiger partial charge in [-0.15, -0.1) is 11.3 Å². The van der Waals surface area contributed by atoms with Gasteiger partial charge in [-0.3, -0.25) is 23.7 Å². The number of benzene rings is 4. The second kappa shape index (κ2) is 19.8. The number of thiophene rings is 1. The van der Waals surface area contributed by atoms with Crippen molar-refractivity contribution in [1.82, 2.24) is 24.1 Å². The zero-order valence-corrected chi connectivity index (χ0v) is 34.6. The Morgan fingerprint density at radius 2 is 1.23 bits per heavy atom. The number of carboxylic acid groups (broad SMARTS) is 1.